The van der Waals surface area contributed by atoms with Crippen LogP contribution in [0.2, 0.25) is 0 Å². The molecule has 2 aromatic carbocycles. The Labute approximate surface area is 158 Å². The highest BCUT2D eigenvalue weighted by Gasteiger charge is 2.29. The highest BCUT2D eigenvalue weighted by molar-refractivity contribution is 5.84. The highest BCUT2D eigenvalue weighted by atomic mass is 15.0. The Hall–Kier alpha value is -2.22. The second-order valence-corrected chi connectivity index (χ2v) is 8.66. The van der Waals surface area contributed by atoms with E-state index in [1.807, 2.05) is 6.07 Å². The van der Waals surface area contributed by atoms with Gasteiger partial charge in [-0.1, -0.05) is 52.0 Å². The van der Waals surface area contributed by atoms with E-state index in [9.17, 15) is 0 Å². The van der Waals surface area contributed by atoms with Crippen LogP contribution in [0.1, 0.15) is 53.0 Å². The summed E-state index contributed by atoms with van der Waals surface area (Å²) >= 11 is 0. The second kappa shape index (κ2) is 7.57. The first-order valence-corrected chi connectivity index (χ1v) is 9.81. The first-order valence-electron chi connectivity index (χ1n) is 9.81. The molecule has 2 N–H and O–H groups in total. The lowest BCUT2D eigenvalue weighted by atomic mass is 9.81. The third-order valence-corrected chi connectivity index (χ3v) is 4.80. The van der Waals surface area contributed by atoms with Crippen LogP contribution in [-0.2, 0) is 0 Å². The fourth-order valence-corrected chi connectivity index (χ4v) is 4.06. The Bertz CT molecular complexity index is 774. The number of allylic oxidation sites excluding steroid dienone is 1. The molecule has 0 saturated heterocycles. The summed E-state index contributed by atoms with van der Waals surface area (Å²) in [6.45, 7) is 11.5. The summed E-state index contributed by atoms with van der Waals surface area (Å²) in [5.41, 5.74) is 6.34. The molecule has 2 heteroatoms. The summed E-state index contributed by atoms with van der Waals surface area (Å²) in [5.74, 6) is 1.30. The molecule has 0 amide bonds. The van der Waals surface area contributed by atoms with Gasteiger partial charge in [-0.3, -0.25) is 0 Å². The molecule has 138 valence electrons. The molecule has 0 aliphatic carbocycles. The topological polar surface area (TPSA) is 24.1 Å². The average Bonchev–Trinajstić information content (AvgIpc) is 2.55. The van der Waals surface area contributed by atoms with Crippen LogP contribution in [0.25, 0.3) is 5.57 Å². The lowest BCUT2D eigenvalue weighted by molar-refractivity contribution is 0.463. The van der Waals surface area contributed by atoms with Gasteiger partial charge in [-0.25, -0.2) is 0 Å². The minimum Gasteiger partial charge on any atom is -0.376 e. The summed E-state index contributed by atoms with van der Waals surface area (Å²) in [7, 11) is 0. The number of benzene rings is 2. The van der Waals surface area contributed by atoms with Crippen molar-refractivity contribution < 1.29 is 0 Å². The maximum Gasteiger partial charge on any atom is 0.0536 e. The third kappa shape index (κ3) is 4.49. The Morgan fingerprint density at radius 1 is 0.923 bits per heavy atom. The van der Waals surface area contributed by atoms with Crippen LogP contribution in [0.15, 0.2) is 54.6 Å². The van der Waals surface area contributed by atoms with Crippen LogP contribution in [0, 0.1) is 11.8 Å². The lowest BCUT2D eigenvalue weighted by Gasteiger charge is -2.37. The summed E-state index contributed by atoms with van der Waals surface area (Å²) in [4.78, 5) is 0. The van der Waals surface area contributed by atoms with Crippen molar-refractivity contribution in [2.24, 2.45) is 11.8 Å². The zero-order valence-corrected chi connectivity index (χ0v) is 16.8. The predicted molar refractivity (Wildman–Crippen MR) is 115 cm³/mol. The fraction of sp³-hybridized carbons (Fsp3) is 0.417. The maximum absolute atomic E-state index is 3.79. The molecule has 26 heavy (non-hydrogen) atoms. The van der Waals surface area contributed by atoms with Gasteiger partial charge in [0.2, 0.25) is 0 Å². The minimum atomic E-state index is 0.0275. The van der Waals surface area contributed by atoms with Crippen molar-refractivity contribution in [2.75, 3.05) is 10.6 Å². The number of fused-ring (bicyclic) bond motifs is 1. The average molecular weight is 349 g/mol. The summed E-state index contributed by atoms with van der Waals surface area (Å²) < 4.78 is 0. The van der Waals surface area contributed by atoms with E-state index in [2.05, 4.69) is 93.8 Å². The molecular formula is C24H32N2. The molecule has 1 unspecified atom stereocenters. The fourth-order valence-electron chi connectivity index (χ4n) is 4.06. The van der Waals surface area contributed by atoms with Gasteiger partial charge in [0, 0.05) is 22.6 Å². The van der Waals surface area contributed by atoms with E-state index in [1.165, 1.54) is 16.8 Å². The van der Waals surface area contributed by atoms with Crippen LogP contribution < -0.4 is 10.6 Å². The van der Waals surface area contributed by atoms with Gasteiger partial charge in [0.15, 0.2) is 0 Å². The Morgan fingerprint density at radius 2 is 1.65 bits per heavy atom. The monoisotopic (exact) mass is 348 g/mol. The minimum absolute atomic E-state index is 0.0275. The van der Waals surface area contributed by atoms with Gasteiger partial charge in [-0.05, 0) is 67.5 Å². The molecule has 0 radical (unpaired) electrons. The summed E-state index contributed by atoms with van der Waals surface area (Å²) in [6, 6.07) is 17.1. The maximum atomic E-state index is 3.79. The Morgan fingerprint density at radius 3 is 2.31 bits per heavy atom. The first-order chi connectivity index (χ1) is 12.3. The molecule has 1 atom stereocenters. The van der Waals surface area contributed by atoms with Crippen LogP contribution in [0.5, 0.6) is 0 Å². The largest absolute Gasteiger partial charge is 0.376 e. The predicted octanol–water partition coefficient (Wildman–Crippen LogP) is 7.09. The van der Waals surface area contributed by atoms with Gasteiger partial charge in [-0.2, -0.15) is 0 Å². The molecule has 0 spiro atoms. The van der Waals surface area contributed by atoms with Crippen molar-refractivity contribution in [3.05, 3.63) is 60.2 Å². The van der Waals surface area contributed by atoms with Crippen molar-refractivity contribution in [3.63, 3.8) is 0 Å². The molecule has 3 rings (SSSR count). The number of para-hydroxylation sites is 1. The van der Waals surface area contributed by atoms with Crippen molar-refractivity contribution >= 4 is 22.6 Å². The Balaban J connectivity index is 1.94. The molecule has 0 fully saturated rings. The number of hydrogen-bond donors (Lipinski definition) is 2. The zero-order valence-electron chi connectivity index (χ0n) is 16.8. The summed E-state index contributed by atoms with van der Waals surface area (Å²) in [6.07, 6.45) is 4.72. The zero-order chi connectivity index (χ0) is 18.7. The quantitative estimate of drug-likeness (QED) is 0.582. The molecule has 2 nitrogen and oxygen atoms in total. The standard InChI is InChI=1S/C24H32N2/c1-17(2)13-19-16-24(5,15-18(3)4)26-23-12-11-21(14-22(19)23)25-20-9-7-6-8-10-20/h6-12,14,16-18,25-26H,13,15H2,1-5H3. The molecular weight excluding hydrogens is 316 g/mol. The van der Waals surface area contributed by atoms with E-state index in [-0.39, 0.29) is 5.54 Å². The van der Waals surface area contributed by atoms with Crippen LogP contribution in [-0.4, -0.2) is 5.54 Å². The van der Waals surface area contributed by atoms with E-state index < -0.39 is 0 Å². The molecule has 2 aromatic rings. The normalized spacial score (nSPS) is 19.1. The smallest absolute Gasteiger partial charge is 0.0536 e. The first kappa shape index (κ1) is 18.6. The number of nitrogens with one attached hydrogen (secondary N) is 2. The van der Waals surface area contributed by atoms with Crippen LogP contribution in [0.4, 0.5) is 17.1 Å². The highest BCUT2D eigenvalue weighted by Crippen LogP contribution is 2.40. The molecule has 1 heterocycles. The number of anilines is 3. The van der Waals surface area contributed by atoms with E-state index in [1.54, 1.807) is 0 Å². The van der Waals surface area contributed by atoms with Gasteiger partial charge < -0.3 is 10.6 Å². The Kier molecular flexibility index (Phi) is 5.41. The van der Waals surface area contributed by atoms with Crippen LogP contribution >= 0.6 is 0 Å². The third-order valence-electron chi connectivity index (χ3n) is 4.80. The van der Waals surface area contributed by atoms with Gasteiger partial charge in [-0.15, -0.1) is 0 Å². The molecule has 0 bridgehead atoms. The van der Waals surface area contributed by atoms with Crippen molar-refractivity contribution in [2.45, 2.75) is 53.0 Å². The molecule has 1 aliphatic rings. The van der Waals surface area contributed by atoms with Crippen molar-refractivity contribution in [3.8, 4) is 0 Å². The van der Waals surface area contributed by atoms with Gasteiger partial charge in [0.05, 0.1) is 5.54 Å². The second-order valence-electron chi connectivity index (χ2n) is 8.66. The number of hydrogen-bond acceptors (Lipinski definition) is 2. The molecule has 0 saturated carbocycles. The van der Waals surface area contributed by atoms with Crippen molar-refractivity contribution in [1.29, 1.82) is 0 Å². The SMILES string of the molecule is CC(C)CC1=CC(C)(CC(C)C)Nc2ccc(Nc3ccccc3)cc21. The van der Waals surface area contributed by atoms with Gasteiger partial charge >= 0.3 is 0 Å². The molecule has 1 aliphatic heterocycles. The van der Waals surface area contributed by atoms with E-state index in [0.29, 0.717) is 11.8 Å². The van der Waals surface area contributed by atoms with E-state index in [0.717, 1.165) is 24.2 Å². The molecule has 0 aromatic heterocycles. The van der Waals surface area contributed by atoms with Crippen LogP contribution in [0.3, 0.4) is 0 Å². The summed E-state index contributed by atoms with van der Waals surface area (Å²) in [5, 5.41) is 7.32. The van der Waals surface area contributed by atoms with Gasteiger partial charge in [0.1, 0.15) is 0 Å². The van der Waals surface area contributed by atoms with Gasteiger partial charge in [0.25, 0.3) is 0 Å². The lowest BCUT2D eigenvalue weighted by Crippen LogP contribution is -2.37. The van der Waals surface area contributed by atoms with E-state index >= 15 is 0 Å². The van der Waals surface area contributed by atoms with E-state index in [4.69, 9.17) is 0 Å². The number of rotatable bonds is 6. The van der Waals surface area contributed by atoms with Crippen molar-refractivity contribution in [1.82, 2.24) is 0 Å².